The highest BCUT2D eigenvalue weighted by Gasteiger charge is 2.13. The van der Waals surface area contributed by atoms with Crippen LogP contribution < -0.4 is 18.9 Å². The van der Waals surface area contributed by atoms with Gasteiger partial charge in [-0.2, -0.15) is 0 Å². The van der Waals surface area contributed by atoms with Crippen molar-refractivity contribution in [2.75, 3.05) is 21.3 Å². The van der Waals surface area contributed by atoms with Gasteiger partial charge in [0.2, 0.25) is 0 Å². The van der Waals surface area contributed by atoms with Crippen LogP contribution in [0.3, 0.4) is 0 Å². The molecule has 0 saturated carbocycles. The summed E-state index contributed by atoms with van der Waals surface area (Å²) in [7, 11) is 4.61. The minimum atomic E-state index is -0.496. The summed E-state index contributed by atoms with van der Waals surface area (Å²) in [6.07, 6.45) is 0. The van der Waals surface area contributed by atoms with Crippen LogP contribution in [0.25, 0.3) is 0 Å². The first-order chi connectivity index (χ1) is 10.5. The second-order valence-corrected chi connectivity index (χ2v) is 4.68. The van der Waals surface area contributed by atoms with Crippen molar-refractivity contribution in [3.05, 3.63) is 47.5 Å². The lowest BCUT2D eigenvalue weighted by atomic mass is 10.2. The normalized spacial score (nSPS) is 10.0. The predicted octanol–water partition coefficient (Wildman–Crippen LogP) is 3.24. The van der Waals surface area contributed by atoms with Gasteiger partial charge in [0.1, 0.15) is 23.0 Å². The molecular formula is C17H18O5. The molecule has 0 amide bonds. The number of hydrogen-bond acceptors (Lipinski definition) is 5. The fourth-order valence-electron chi connectivity index (χ4n) is 1.98. The predicted molar refractivity (Wildman–Crippen MR) is 82.2 cm³/mol. The molecule has 116 valence electrons. The highest BCUT2D eigenvalue weighted by molar-refractivity contribution is 5.92. The summed E-state index contributed by atoms with van der Waals surface area (Å²) >= 11 is 0. The fraction of sp³-hybridized carbons (Fsp3) is 0.235. The molecule has 0 bridgehead atoms. The van der Waals surface area contributed by atoms with E-state index in [-0.39, 0.29) is 0 Å². The Hall–Kier alpha value is -2.69. The van der Waals surface area contributed by atoms with Gasteiger partial charge in [0.05, 0.1) is 26.9 Å². The van der Waals surface area contributed by atoms with Crippen LogP contribution in [0.5, 0.6) is 23.0 Å². The zero-order valence-corrected chi connectivity index (χ0v) is 13.0. The summed E-state index contributed by atoms with van der Waals surface area (Å²) in [6, 6.07) is 10.1. The number of benzene rings is 2. The van der Waals surface area contributed by atoms with Gasteiger partial charge in [0.25, 0.3) is 0 Å². The molecule has 0 atom stereocenters. The van der Waals surface area contributed by atoms with Gasteiger partial charge < -0.3 is 18.9 Å². The highest BCUT2D eigenvalue weighted by atomic mass is 16.5. The standard InChI is InChI=1S/C17H18O5/c1-11-5-13(19-2)10-16(6-11)22-17(18)12-7-14(20-3)9-15(8-12)21-4/h5-10H,1-4H3. The molecule has 0 heterocycles. The van der Waals surface area contributed by atoms with Crippen LogP contribution in [0.1, 0.15) is 15.9 Å². The van der Waals surface area contributed by atoms with Crippen LogP contribution in [-0.4, -0.2) is 27.3 Å². The Bertz CT molecular complexity index is 656. The summed E-state index contributed by atoms with van der Waals surface area (Å²) in [4.78, 5) is 12.3. The molecule has 0 aromatic heterocycles. The van der Waals surface area contributed by atoms with Gasteiger partial charge in [-0.3, -0.25) is 0 Å². The minimum Gasteiger partial charge on any atom is -0.497 e. The fourth-order valence-corrected chi connectivity index (χ4v) is 1.98. The van der Waals surface area contributed by atoms with E-state index in [1.165, 1.54) is 14.2 Å². The largest absolute Gasteiger partial charge is 0.497 e. The molecule has 2 rings (SSSR count). The van der Waals surface area contributed by atoms with Crippen molar-refractivity contribution < 1.29 is 23.7 Å². The number of carbonyl (C=O) groups excluding carboxylic acids is 1. The number of methoxy groups -OCH3 is 3. The van der Waals surface area contributed by atoms with Crippen LogP contribution in [-0.2, 0) is 0 Å². The summed E-state index contributed by atoms with van der Waals surface area (Å²) in [5, 5.41) is 0. The van der Waals surface area contributed by atoms with E-state index in [2.05, 4.69) is 0 Å². The molecule has 0 saturated heterocycles. The monoisotopic (exact) mass is 302 g/mol. The average Bonchev–Trinajstić information content (AvgIpc) is 2.53. The zero-order valence-electron chi connectivity index (χ0n) is 13.0. The van der Waals surface area contributed by atoms with E-state index in [0.29, 0.717) is 28.6 Å². The number of carbonyl (C=O) groups is 1. The van der Waals surface area contributed by atoms with Gasteiger partial charge in [-0.1, -0.05) is 0 Å². The van der Waals surface area contributed by atoms with Gasteiger partial charge in [0, 0.05) is 12.1 Å². The molecule has 2 aromatic carbocycles. The molecule has 0 spiro atoms. The van der Waals surface area contributed by atoms with Gasteiger partial charge in [-0.05, 0) is 36.8 Å². The van der Waals surface area contributed by atoms with E-state index in [4.69, 9.17) is 18.9 Å². The lowest BCUT2D eigenvalue weighted by molar-refractivity contribution is 0.0733. The number of esters is 1. The maximum Gasteiger partial charge on any atom is 0.343 e. The van der Waals surface area contributed by atoms with E-state index in [1.807, 2.05) is 13.0 Å². The molecule has 5 nitrogen and oxygen atoms in total. The molecule has 0 N–H and O–H groups in total. The Morgan fingerprint density at radius 2 is 1.18 bits per heavy atom. The minimum absolute atomic E-state index is 0.344. The lowest BCUT2D eigenvalue weighted by Gasteiger charge is -2.10. The van der Waals surface area contributed by atoms with E-state index >= 15 is 0 Å². The van der Waals surface area contributed by atoms with Crippen molar-refractivity contribution in [1.29, 1.82) is 0 Å². The highest BCUT2D eigenvalue weighted by Crippen LogP contribution is 2.26. The molecule has 0 aliphatic rings. The van der Waals surface area contributed by atoms with Gasteiger partial charge in [0.15, 0.2) is 0 Å². The first-order valence-corrected chi connectivity index (χ1v) is 6.66. The average molecular weight is 302 g/mol. The summed E-state index contributed by atoms with van der Waals surface area (Å²) < 4.78 is 20.8. The lowest BCUT2D eigenvalue weighted by Crippen LogP contribution is -2.09. The van der Waals surface area contributed by atoms with Crippen molar-refractivity contribution in [1.82, 2.24) is 0 Å². The molecule has 0 fully saturated rings. The van der Waals surface area contributed by atoms with E-state index in [1.54, 1.807) is 37.4 Å². The maximum absolute atomic E-state index is 12.3. The Morgan fingerprint density at radius 3 is 1.73 bits per heavy atom. The first kappa shape index (κ1) is 15.7. The SMILES string of the molecule is COc1cc(C)cc(OC(=O)c2cc(OC)cc(OC)c2)c1. The maximum atomic E-state index is 12.3. The first-order valence-electron chi connectivity index (χ1n) is 6.66. The van der Waals surface area contributed by atoms with Gasteiger partial charge >= 0.3 is 5.97 Å². The molecule has 2 aromatic rings. The topological polar surface area (TPSA) is 54.0 Å². The van der Waals surface area contributed by atoms with E-state index in [0.717, 1.165) is 5.56 Å². The van der Waals surface area contributed by atoms with Crippen molar-refractivity contribution in [3.63, 3.8) is 0 Å². The Labute approximate surface area is 129 Å². The van der Waals surface area contributed by atoms with Crippen LogP contribution in [0.4, 0.5) is 0 Å². The molecule has 0 aliphatic carbocycles. The van der Waals surface area contributed by atoms with Crippen molar-refractivity contribution in [2.24, 2.45) is 0 Å². The molecule has 5 heteroatoms. The third-order valence-corrected chi connectivity index (χ3v) is 3.06. The van der Waals surface area contributed by atoms with Crippen molar-refractivity contribution >= 4 is 5.97 Å². The zero-order chi connectivity index (χ0) is 16.1. The Balaban J connectivity index is 2.27. The third kappa shape index (κ3) is 3.69. The van der Waals surface area contributed by atoms with Crippen LogP contribution in [0, 0.1) is 6.92 Å². The summed E-state index contributed by atoms with van der Waals surface area (Å²) in [5.41, 5.74) is 1.28. The Kier molecular flexibility index (Phi) is 4.88. The summed E-state index contributed by atoms with van der Waals surface area (Å²) in [6.45, 7) is 1.90. The van der Waals surface area contributed by atoms with Gasteiger partial charge in [-0.15, -0.1) is 0 Å². The number of ether oxygens (including phenoxy) is 4. The number of hydrogen-bond donors (Lipinski definition) is 0. The summed E-state index contributed by atoms with van der Waals surface area (Å²) in [5.74, 6) is 1.60. The van der Waals surface area contributed by atoms with Crippen LogP contribution in [0.15, 0.2) is 36.4 Å². The van der Waals surface area contributed by atoms with Crippen molar-refractivity contribution in [3.8, 4) is 23.0 Å². The molecular weight excluding hydrogens is 284 g/mol. The third-order valence-electron chi connectivity index (χ3n) is 3.06. The smallest absolute Gasteiger partial charge is 0.343 e. The molecule has 0 radical (unpaired) electrons. The van der Waals surface area contributed by atoms with Crippen molar-refractivity contribution in [2.45, 2.75) is 6.92 Å². The second-order valence-electron chi connectivity index (χ2n) is 4.68. The number of rotatable bonds is 5. The molecule has 0 aliphatic heterocycles. The molecule has 22 heavy (non-hydrogen) atoms. The quantitative estimate of drug-likeness (QED) is 0.627. The van der Waals surface area contributed by atoms with E-state index < -0.39 is 5.97 Å². The van der Waals surface area contributed by atoms with Crippen LogP contribution >= 0.6 is 0 Å². The second kappa shape index (κ2) is 6.85. The van der Waals surface area contributed by atoms with Gasteiger partial charge in [-0.25, -0.2) is 4.79 Å². The van der Waals surface area contributed by atoms with Crippen LogP contribution in [0.2, 0.25) is 0 Å². The Morgan fingerprint density at radius 1 is 0.727 bits per heavy atom. The number of aryl methyl sites for hydroxylation is 1. The van der Waals surface area contributed by atoms with E-state index in [9.17, 15) is 4.79 Å². The molecule has 0 unspecified atom stereocenters.